The van der Waals surface area contributed by atoms with Gasteiger partial charge in [0.15, 0.2) is 5.75 Å². The van der Waals surface area contributed by atoms with Crippen molar-refractivity contribution >= 4 is 28.2 Å². The molecule has 2 aromatic heterocycles. The van der Waals surface area contributed by atoms with E-state index in [-0.39, 0.29) is 17.6 Å². The van der Waals surface area contributed by atoms with Crippen molar-refractivity contribution in [2.45, 2.75) is 44.2 Å². The topological polar surface area (TPSA) is 94.6 Å². The molecule has 0 radical (unpaired) electrons. The van der Waals surface area contributed by atoms with Crippen LogP contribution in [0.4, 0.5) is 0 Å². The van der Waals surface area contributed by atoms with Gasteiger partial charge in [0.25, 0.3) is 0 Å². The highest BCUT2D eigenvalue weighted by molar-refractivity contribution is 7.15. The molecule has 6 nitrogen and oxygen atoms in total. The molecule has 1 aromatic carbocycles. The standard InChI is InChI=1S/C22H22N2O4S/c1-28-21-12(18-9-14-16(23)3-2-4-17(14)29-18)7-8-13-19(21)24(11-5-6-11)10-15(20(13)25)22(26)27/h7-11,16H,2-6,23H2,1H3,(H,26,27). The number of ether oxygens (including phenoxy) is 1. The lowest BCUT2D eigenvalue weighted by molar-refractivity contribution is 0.0695. The Morgan fingerprint density at radius 1 is 1.31 bits per heavy atom. The lowest BCUT2D eigenvalue weighted by Crippen LogP contribution is -2.19. The molecule has 0 aliphatic heterocycles. The minimum Gasteiger partial charge on any atom is -0.494 e. The Labute approximate surface area is 171 Å². The predicted molar refractivity (Wildman–Crippen MR) is 113 cm³/mol. The molecule has 0 saturated heterocycles. The fraction of sp³-hybridized carbons (Fsp3) is 0.364. The Balaban J connectivity index is 1.79. The average molecular weight is 410 g/mol. The first-order valence-corrected chi connectivity index (χ1v) is 10.7. The van der Waals surface area contributed by atoms with Gasteiger partial charge in [-0.15, -0.1) is 11.3 Å². The van der Waals surface area contributed by atoms with Crippen molar-refractivity contribution in [3.8, 4) is 16.2 Å². The predicted octanol–water partition coefficient (Wildman–Crippen LogP) is 4.11. The van der Waals surface area contributed by atoms with Crippen molar-refractivity contribution < 1.29 is 14.6 Å². The third-order valence-corrected chi connectivity index (χ3v) is 7.19. The normalized spacial score (nSPS) is 18.6. The maximum Gasteiger partial charge on any atom is 0.341 e. The Morgan fingerprint density at radius 2 is 2.10 bits per heavy atom. The fourth-order valence-corrected chi connectivity index (χ4v) is 5.63. The molecule has 7 heteroatoms. The van der Waals surface area contributed by atoms with E-state index in [1.54, 1.807) is 24.5 Å². The van der Waals surface area contributed by atoms with Gasteiger partial charge in [-0.2, -0.15) is 0 Å². The number of hydrogen-bond donors (Lipinski definition) is 2. The minimum atomic E-state index is -1.20. The Morgan fingerprint density at radius 3 is 2.76 bits per heavy atom. The minimum absolute atomic E-state index is 0.0676. The van der Waals surface area contributed by atoms with Gasteiger partial charge in [0, 0.05) is 33.6 Å². The number of benzene rings is 1. The largest absolute Gasteiger partial charge is 0.494 e. The number of aromatic nitrogens is 1. The lowest BCUT2D eigenvalue weighted by atomic mass is 9.94. The number of thiophene rings is 1. The quantitative estimate of drug-likeness (QED) is 0.675. The number of hydrogen-bond acceptors (Lipinski definition) is 5. The summed E-state index contributed by atoms with van der Waals surface area (Å²) >= 11 is 1.73. The number of carboxylic acids is 1. The summed E-state index contributed by atoms with van der Waals surface area (Å²) in [6.07, 6.45) is 6.54. The zero-order chi connectivity index (χ0) is 20.3. The molecule has 1 saturated carbocycles. The van der Waals surface area contributed by atoms with Crippen LogP contribution in [0, 0.1) is 0 Å². The number of rotatable bonds is 4. The summed E-state index contributed by atoms with van der Waals surface area (Å²) in [6.45, 7) is 0. The molecule has 2 aliphatic rings. The maximum absolute atomic E-state index is 12.8. The number of nitrogens with two attached hydrogens (primary N) is 1. The molecule has 3 aromatic rings. The molecule has 0 amide bonds. The van der Waals surface area contributed by atoms with Gasteiger partial charge in [-0.25, -0.2) is 4.79 Å². The van der Waals surface area contributed by atoms with Crippen LogP contribution in [-0.2, 0) is 6.42 Å². The van der Waals surface area contributed by atoms with Crippen molar-refractivity contribution in [1.82, 2.24) is 4.57 Å². The number of pyridine rings is 1. The molecule has 29 heavy (non-hydrogen) atoms. The number of nitrogens with zero attached hydrogens (tertiary/aromatic N) is 1. The summed E-state index contributed by atoms with van der Waals surface area (Å²) in [5.74, 6) is -0.579. The monoisotopic (exact) mass is 410 g/mol. The fourth-order valence-electron chi connectivity index (χ4n) is 4.33. The van der Waals surface area contributed by atoms with Gasteiger partial charge in [-0.3, -0.25) is 4.79 Å². The van der Waals surface area contributed by atoms with Crippen LogP contribution in [0.3, 0.4) is 0 Å². The zero-order valence-corrected chi connectivity index (χ0v) is 16.9. The number of carbonyl (C=O) groups is 1. The highest BCUT2D eigenvalue weighted by atomic mass is 32.1. The summed E-state index contributed by atoms with van der Waals surface area (Å²) in [6, 6.07) is 6.02. The van der Waals surface area contributed by atoms with Crippen molar-refractivity contribution in [2.24, 2.45) is 5.73 Å². The molecule has 5 rings (SSSR count). The first-order chi connectivity index (χ1) is 14.0. The molecule has 150 valence electrons. The molecule has 1 fully saturated rings. The summed E-state index contributed by atoms with van der Waals surface area (Å²) < 4.78 is 7.73. The van der Waals surface area contributed by atoms with Crippen LogP contribution in [0.5, 0.6) is 5.75 Å². The zero-order valence-electron chi connectivity index (χ0n) is 16.1. The van der Waals surface area contributed by atoms with Crippen LogP contribution in [0.15, 0.2) is 29.2 Å². The van der Waals surface area contributed by atoms with Crippen molar-refractivity contribution in [2.75, 3.05) is 7.11 Å². The number of aromatic carboxylic acids is 1. The number of fused-ring (bicyclic) bond motifs is 2. The summed E-state index contributed by atoms with van der Waals surface area (Å²) in [4.78, 5) is 26.8. The van der Waals surface area contributed by atoms with E-state index in [1.165, 1.54) is 16.6 Å². The van der Waals surface area contributed by atoms with Crippen LogP contribution >= 0.6 is 11.3 Å². The highest BCUT2D eigenvalue weighted by Gasteiger charge is 2.30. The van der Waals surface area contributed by atoms with Gasteiger partial charge in [0.2, 0.25) is 5.43 Å². The summed E-state index contributed by atoms with van der Waals surface area (Å²) in [5, 5.41) is 9.86. The molecule has 2 heterocycles. The highest BCUT2D eigenvalue weighted by Crippen LogP contribution is 2.46. The van der Waals surface area contributed by atoms with Crippen molar-refractivity contribution in [3.05, 3.63) is 50.6 Å². The van der Waals surface area contributed by atoms with Crippen LogP contribution in [0.2, 0.25) is 0 Å². The third kappa shape index (κ3) is 2.88. The maximum atomic E-state index is 12.8. The second-order valence-electron chi connectivity index (χ2n) is 7.85. The van der Waals surface area contributed by atoms with Crippen LogP contribution in [-0.4, -0.2) is 22.8 Å². The van der Waals surface area contributed by atoms with Crippen LogP contribution in [0.25, 0.3) is 21.3 Å². The molecule has 0 bridgehead atoms. The van der Waals surface area contributed by atoms with Crippen LogP contribution < -0.4 is 15.9 Å². The number of aryl methyl sites for hydroxylation is 1. The van der Waals surface area contributed by atoms with E-state index in [0.29, 0.717) is 16.7 Å². The second-order valence-corrected chi connectivity index (χ2v) is 8.98. The first-order valence-electron chi connectivity index (χ1n) is 9.87. The average Bonchev–Trinajstić information content (AvgIpc) is 3.45. The second kappa shape index (κ2) is 6.71. The summed E-state index contributed by atoms with van der Waals surface area (Å²) in [5.41, 5.74) is 8.45. The molecule has 1 atom stereocenters. The van der Waals surface area contributed by atoms with Gasteiger partial charge in [0.1, 0.15) is 5.56 Å². The van der Waals surface area contributed by atoms with Gasteiger partial charge in [-0.05, 0) is 55.9 Å². The SMILES string of the molecule is COc1c(-c2cc3c(s2)CCCC3N)ccc2c(=O)c(C(=O)O)cn(C3CC3)c12. The van der Waals surface area contributed by atoms with Gasteiger partial charge in [-0.1, -0.05) is 0 Å². The van der Waals surface area contributed by atoms with Crippen molar-refractivity contribution in [1.29, 1.82) is 0 Å². The first kappa shape index (κ1) is 18.4. The van der Waals surface area contributed by atoms with E-state index in [0.717, 1.165) is 42.5 Å². The van der Waals surface area contributed by atoms with E-state index >= 15 is 0 Å². The molecule has 2 aliphatic carbocycles. The van der Waals surface area contributed by atoms with Crippen molar-refractivity contribution in [3.63, 3.8) is 0 Å². The molecule has 3 N–H and O–H groups in total. The van der Waals surface area contributed by atoms with E-state index in [2.05, 4.69) is 6.07 Å². The Bertz CT molecular complexity index is 1210. The summed E-state index contributed by atoms with van der Waals surface area (Å²) in [7, 11) is 1.60. The van der Waals surface area contributed by atoms with Gasteiger partial charge in [0.05, 0.1) is 18.0 Å². The Kier molecular flexibility index (Phi) is 4.26. The molecular weight excluding hydrogens is 388 g/mol. The van der Waals surface area contributed by atoms with Gasteiger partial charge < -0.3 is 20.1 Å². The Hall–Kier alpha value is -2.64. The number of carboxylic acid groups (broad SMARTS) is 1. The van der Waals surface area contributed by atoms with E-state index < -0.39 is 11.4 Å². The van der Waals surface area contributed by atoms with E-state index in [4.69, 9.17) is 10.5 Å². The molecular formula is C22H22N2O4S. The third-order valence-electron chi connectivity index (χ3n) is 5.95. The lowest BCUT2D eigenvalue weighted by Gasteiger charge is -2.17. The number of methoxy groups -OCH3 is 1. The van der Waals surface area contributed by atoms with Gasteiger partial charge >= 0.3 is 5.97 Å². The molecule has 0 spiro atoms. The van der Waals surface area contributed by atoms with E-state index in [1.807, 2.05) is 10.6 Å². The smallest absolute Gasteiger partial charge is 0.341 e. The molecule has 1 unspecified atom stereocenters. The van der Waals surface area contributed by atoms with E-state index in [9.17, 15) is 14.7 Å². The van der Waals surface area contributed by atoms with Crippen LogP contribution in [0.1, 0.15) is 58.6 Å².